The number of hydrogen-bond donors (Lipinski definition) is 1. The summed E-state index contributed by atoms with van der Waals surface area (Å²) in [5.41, 5.74) is 1.16. The maximum absolute atomic E-state index is 5.41. The van der Waals surface area contributed by atoms with Crippen molar-refractivity contribution in [2.24, 2.45) is 0 Å². The summed E-state index contributed by atoms with van der Waals surface area (Å²) in [6, 6.07) is 4.35. The highest BCUT2D eigenvalue weighted by atomic mass is 16.5. The zero-order valence-electron chi connectivity index (χ0n) is 13.3. The highest BCUT2D eigenvalue weighted by Crippen LogP contribution is 2.40. The van der Waals surface area contributed by atoms with Crippen molar-refractivity contribution in [1.29, 1.82) is 0 Å². The molecule has 1 N–H and O–H groups in total. The van der Waals surface area contributed by atoms with Crippen molar-refractivity contribution in [3.05, 3.63) is 17.7 Å². The minimum absolute atomic E-state index is 0.301. The van der Waals surface area contributed by atoms with E-state index < -0.39 is 0 Å². The summed E-state index contributed by atoms with van der Waals surface area (Å²) in [4.78, 5) is 0. The van der Waals surface area contributed by atoms with E-state index in [9.17, 15) is 0 Å². The monoisotopic (exact) mass is 281 g/mol. The second-order valence-corrected chi connectivity index (χ2v) is 4.80. The number of benzene rings is 1. The molecule has 0 amide bonds. The van der Waals surface area contributed by atoms with Gasteiger partial charge >= 0.3 is 0 Å². The van der Waals surface area contributed by atoms with Crippen LogP contribution in [-0.2, 0) is 0 Å². The fourth-order valence-corrected chi connectivity index (χ4v) is 2.38. The van der Waals surface area contributed by atoms with E-state index in [1.165, 1.54) is 19.3 Å². The molecule has 4 nitrogen and oxygen atoms in total. The number of unbranched alkanes of at least 4 members (excludes halogenated alkanes) is 2. The van der Waals surface area contributed by atoms with Gasteiger partial charge in [-0.15, -0.1) is 0 Å². The summed E-state index contributed by atoms with van der Waals surface area (Å²) in [5.74, 6) is 2.05. The molecule has 0 aliphatic rings. The molecule has 4 heteroatoms. The van der Waals surface area contributed by atoms with Crippen molar-refractivity contribution in [3.63, 3.8) is 0 Å². The maximum atomic E-state index is 5.41. The van der Waals surface area contributed by atoms with Crippen LogP contribution in [0.5, 0.6) is 17.2 Å². The Balaban J connectivity index is 3.03. The van der Waals surface area contributed by atoms with Gasteiger partial charge < -0.3 is 19.5 Å². The number of rotatable bonds is 9. The summed E-state index contributed by atoms with van der Waals surface area (Å²) in [6.45, 7) is 2.22. The molecule has 1 aromatic rings. The van der Waals surface area contributed by atoms with E-state index in [1.54, 1.807) is 21.3 Å². The van der Waals surface area contributed by atoms with Crippen molar-refractivity contribution in [1.82, 2.24) is 5.32 Å². The van der Waals surface area contributed by atoms with E-state index in [1.807, 2.05) is 19.2 Å². The third-order valence-corrected chi connectivity index (χ3v) is 3.53. The lowest BCUT2D eigenvalue weighted by Crippen LogP contribution is -2.16. The number of hydrogen-bond acceptors (Lipinski definition) is 4. The Labute approximate surface area is 122 Å². The molecule has 1 aromatic carbocycles. The molecule has 114 valence electrons. The second-order valence-electron chi connectivity index (χ2n) is 4.80. The summed E-state index contributed by atoms with van der Waals surface area (Å²) >= 11 is 0. The number of nitrogens with one attached hydrogen (secondary N) is 1. The van der Waals surface area contributed by atoms with E-state index in [4.69, 9.17) is 14.2 Å². The Hall–Kier alpha value is -1.42. The van der Waals surface area contributed by atoms with Crippen LogP contribution in [0.4, 0.5) is 0 Å². The lowest BCUT2D eigenvalue weighted by Gasteiger charge is -2.20. The Morgan fingerprint density at radius 3 is 2.00 bits per heavy atom. The van der Waals surface area contributed by atoms with Crippen molar-refractivity contribution >= 4 is 0 Å². The zero-order valence-corrected chi connectivity index (χ0v) is 13.3. The Bertz CT molecular complexity index is 382. The van der Waals surface area contributed by atoms with Gasteiger partial charge in [-0.3, -0.25) is 0 Å². The van der Waals surface area contributed by atoms with Gasteiger partial charge in [0.2, 0.25) is 5.75 Å². The van der Waals surface area contributed by atoms with Gasteiger partial charge in [-0.1, -0.05) is 26.2 Å². The molecule has 0 fully saturated rings. The van der Waals surface area contributed by atoms with Gasteiger partial charge in [0.05, 0.1) is 21.3 Å². The van der Waals surface area contributed by atoms with Gasteiger partial charge in [0, 0.05) is 6.04 Å². The van der Waals surface area contributed by atoms with Crippen LogP contribution in [0.1, 0.15) is 44.2 Å². The zero-order chi connectivity index (χ0) is 15.0. The average Bonchev–Trinajstić information content (AvgIpc) is 2.50. The van der Waals surface area contributed by atoms with Gasteiger partial charge in [-0.05, 0) is 31.2 Å². The first-order valence-corrected chi connectivity index (χ1v) is 7.18. The minimum Gasteiger partial charge on any atom is -0.493 e. The second kappa shape index (κ2) is 8.69. The highest BCUT2D eigenvalue weighted by Gasteiger charge is 2.17. The largest absolute Gasteiger partial charge is 0.493 e. The first-order chi connectivity index (χ1) is 9.71. The van der Waals surface area contributed by atoms with Gasteiger partial charge in [-0.2, -0.15) is 0 Å². The fraction of sp³-hybridized carbons (Fsp3) is 0.625. The molecule has 0 heterocycles. The van der Waals surface area contributed by atoms with Gasteiger partial charge in [0.25, 0.3) is 0 Å². The van der Waals surface area contributed by atoms with Gasteiger partial charge in [-0.25, -0.2) is 0 Å². The van der Waals surface area contributed by atoms with Crippen LogP contribution >= 0.6 is 0 Å². The number of methoxy groups -OCH3 is 3. The van der Waals surface area contributed by atoms with Crippen molar-refractivity contribution in [3.8, 4) is 17.2 Å². The topological polar surface area (TPSA) is 39.7 Å². The predicted molar refractivity (Wildman–Crippen MR) is 82.0 cm³/mol. The van der Waals surface area contributed by atoms with Crippen LogP contribution in [0, 0.1) is 0 Å². The number of ether oxygens (including phenoxy) is 3. The lowest BCUT2D eigenvalue weighted by molar-refractivity contribution is 0.322. The molecule has 0 saturated carbocycles. The summed E-state index contributed by atoms with van der Waals surface area (Å²) < 4.78 is 16.2. The van der Waals surface area contributed by atoms with E-state index in [0.717, 1.165) is 12.0 Å². The minimum atomic E-state index is 0.301. The van der Waals surface area contributed by atoms with E-state index in [-0.39, 0.29) is 0 Å². The van der Waals surface area contributed by atoms with Crippen LogP contribution in [0.3, 0.4) is 0 Å². The summed E-state index contributed by atoms with van der Waals surface area (Å²) in [5, 5.41) is 3.37. The molecule has 0 spiro atoms. The lowest BCUT2D eigenvalue weighted by atomic mass is 9.99. The fourth-order valence-electron chi connectivity index (χ4n) is 2.38. The molecule has 0 aliphatic carbocycles. The quantitative estimate of drug-likeness (QED) is 0.703. The average molecular weight is 281 g/mol. The molecule has 0 aromatic heterocycles. The predicted octanol–water partition coefficient (Wildman–Crippen LogP) is 3.55. The normalized spacial score (nSPS) is 12.1. The SMILES string of the molecule is CCCCCC(NC)c1cc(OC)c(OC)c(OC)c1. The molecule has 1 unspecified atom stereocenters. The molecule has 1 rings (SSSR count). The van der Waals surface area contributed by atoms with Gasteiger partial charge in [0.15, 0.2) is 11.5 Å². The Morgan fingerprint density at radius 2 is 1.60 bits per heavy atom. The van der Waals surface area contributed by atoms with Crippen molar-refractivity contribution in [2.45, 2.75) is 38.6 Å². The Kier molecular flexibility index (Phi) is 7.23. The molecule has 0 aliphatic heterocycles. The molecule has 0 bridgehead atoms. The highest BCUT2D eigenvalue weighted by molar-refractivity contribution is 5.54. The molecular weight excluding hydrogens is 254 g/mol. The molecule has 1 atom stereocenters. The molecule has 0 radical (unpaired) electrons. The van der Waals surface area contributed by atoms with Crippen LogP contribution in [0.25, 0.3) is 0 Å². The Morgan fingerprint density at radius 1 is 1.00 bits per heavy atom. The van der Waals surface area contributed by atoms with Crippen LogP contribution in [0.2, 0.25) is 0 Å². The molecular formula is C16H27NO3. The third kappa shape index (κ3) is 4.04. The summed E-state index contributed by atoms with van der Waals surface area (Å²) in [7, 11) is 6.90. The van der Waals surface area contributed by atoms with Crippen LogP contribution in [-0.4, -0.2) is 28.4 Å². The van der Waals surface area contributed by atoms with Crippen LogP contribution < -0.4 is 19.5 Å². The smallest absolute Gasteiger partial charge is 0.203 e. The first-order valence-electron chi connectivity index (χ1n) is 7.18. The third-order valence-electron chi connectivity index (χ3n) is 3.53. The summed E-state index contributed by atoms with van der Waals surface area (Å²) in [6.07, 6.45) is 4.79. The standard InChI is InChI=1S/C16H27NO3/c1-6-7-8-9-13(17-2)12-10-14(18-3)16(20-5)15(11-12)19-4/h10-11,13,17H,6-9H2,1-5H3. The first kappa shape index (κ1) is 16.6. The van der Waals surface area contributed by atoms with E-state index >= 15 is 0 Å². The van der Waals surface area contributed by atoms with Crippen LogP contribution in [0.15, 0.2) is 12.1 Å². The van der Waals surface area contributed by atoms with Gasteiger partial charge in [0.1, 0.15) is 0 Å². The van der Waals surface area contributed by atoms with Crippen molar-refractivity contribution < 1.29 is 14.2 Å². The van der Waals surface area contributed by atoms with E-state index in [0.29, 0.717) is 23.3 Å². The molecule has 0 saturated heterocycles. The maximum Gasteiger partial charge on any atom is 0.203 e. The molecule has 20 heavy (non-hydrogen) atoms. The van der Waals surface area contributed by atoms with Crippen molar-refractivity contribution in [2.75, 3.05) is 28.4 Å². The van der Waals surface area contributed by atoms with E-state index in [2.05, 4.69) is 12.2 Å².